The van der Waals surface area contributed by atoms with Crippen LogP contribution in [0.15, 0.2) is 48.5 Å². The number of amides is 1. The summed E-state index contributed by atoms with van der Waals surface area (Å²) in [5, 5.41) is 12.4. The van der Waals surface area contributed by atoms with Crippen molar-refractivity contribution in [3.63, 3.8) is 0 Å². The van der Waals surface area contributed by atoms with E-state index in [0.29, 0.717) is 5.92 Å². The van der Waals surface area contributed by atoms with Crippen LogP contribution in [0, 0.1) is 11.8 Å². The molecule has 2 fully saturated rings. The summed E-state index contributed by atoms with van der Waals surface area (Å²) in [6, 6.07) is 16.4. The molecule has 0 radical (unpaired) electrons. The predicted molar refractivity (Wildman–Crippen MR) is 109 cm³/mol. The third kappa shape index (κ3) is 3.00. The number of rotatable bonds is 5. The maximum atomic E-state index is 12.7. The summed E-state index contributed by atoms with van der Waals surface area (Å²) in [7, 11) is 0. The molecule has 0 saturated heterocycles. The lowest BCUT2D eigenvalue weighted by molar-refractivity contribution is -0.139. The lowest BCUT2D eigenvalue weighted by Crippen LogP contribution is -2.55. The zero-order valence-electron chi connectivity index (χ0n) is 16.3. The Labute approximate surface area is 170 Å². The molecular weight excluding hydrogens is 366 g/mol. The van der Waals surface area contributed by atoms with Crippen LogP contribution in [0.1, 0.15) is 49.1 Å². The van der Waals surface area contributed by atoms with Crippen LogP contribution in [-0.2, 0) is 9.53 Å². The largest absolute Gasteiger partial charge is 0.481 e. The number of fused-ring (bicyclic) bond motifs is 4. The summed E-state index contributed by atoms with van der Waals surface area (Å²) < 4.78 is 5.67. The summed E-state index contributed by atoms with van der Waals surface area (Å²) >= 11 is 0. The van der Waals surface area contributed by atoms with Gasteiger partial charge in [0.15, 0.2) is 0 Å². The second kappa shape index (κ2) is 6.90. The quantitative estimate of drug-likeness (QED) is 0.784. The van der Waals surface area contributed by atoms with Crippen molar-refractivity contribution in [3.05, 3.63) is 59.7 Å². The molecule has 2 N–H and O–H groups in total. The number of carboxylic acids is 1. The van der Waals surface area contributed by atoms with Crippen LogP contribution in [-0.4, -0.2) is 29.3 Å². The van der Waals surface area contributed by atoms with Crippen molar-refractivity contribution >= 4 is 12.1 Å². The molecule has 2 saturated carbocycles. The van der Waals surface area contributed by atoms with Crippen molar-refractivity contribution in [2.75, 3.05) is 6.61 Å². The van der Waals surface area contributed by atoms with Gasteiger partial charge in [-0.05, 0) is 59.8 Å². The van der Waals surface area contributed by atoms with Gasteiger partial charge in [-0.15, -0.1) is 0 Å². The number of benzene rings is 2. The number of nitrogens with one attached hydrogen (secondary N) is 1. The molecule has 2 aromatic carbocycles. The third-order valence-corrected chi connectivity index (χ3v) is 7.25. The molecule has 1 unspecified atom stereocenters. The molecule has 3 aliphatic rings. The fourth-order valence-corrected chi connectivity index (χ4v) is 5.80. The first-order valence-corrected chi connectivity index (χ1v) is 10.4. The molecule has 3 aliphatic carbocycles. The second-order valence-corrected chi connectivity index (χ2v) is 8.66. The highest BCUT2D eigenvalue weighted by Crippen LogP contribution is 2.54. The van der Waals surface area contributed by atoms with Gasteiger partial charge in [0.25, 0.3) is 0 Å². The Bertz CT molecular complexity index is 925. The molecule has 5 nitrogen and oxygen atoms in total. The fraction of sp³-hybridized carbons (Fsp3) is 0.417. The Morgan fingerprint density at radius 3 is 2.21 bits per heavy atom. The Hall–Kier alpha value is -2.82. The fourth-order valence-electron chi connectivity index (χ4n) is 5.80. The van der Waals surface area contributed by atoms with E-state index in [1.807, 2.05) is 24.3 Å². The molecule has 29 heavy (non-hydrogen) atoms. The molecule has 0 aliphatic heterocycles. The highest BCUT2D eigenvalue weighted by Gasteiger charge is 2.54. The van der Waals surface area contributed by atoms with Gasteiger partial charge in [0.2, 0.25) is 0 Å². The smallest absolute Gasteiger partial charge is 0.407 e. The first kappa shape index (κ1) is 18.2. The van der Waals surface area contributed by atoms with E-state index in [0.717, 1.165) is 25.7 Å². The van der Waals surface area contributed by atoms with Gasteiger partial charge >= 0.3 is 12.1 Å². The number of alkyl carbamates (subject to hydrolysis) is 1. The lowest BCUT2D eigenvalue weighted by Gasteiger charge is -2.42. The normalized spacial score (nSPS) is 26.8. The van der Waals surface area contributed by atoms with Crippen molar-refractivity contribution in [2.45, 2.75) is 43.6 Å². The van der Waals surface area contributed by atoms with Crippen molar-refractivity contribution in [1.82, 2.24) is 5.32 Å². The summed E-state index contributed by atoms with van der Waals surface area (Å²) in [6.45, 7) is 0.247. The van der Waals surface area contributed by atoms with E-state index < -0.39 is 17.6 Å². The van der Waals surface area contributed by atoms with Gasteiger partial charge in [-0.1, -0.05) is 48.5 Å². The molecule has 1 amide bonds. The monoisotopic (exact) mass is 391 g/mol. The molecule has 0 bridgehead atoms. The van der Waals surface area contributed by atoms with Gasteiger partial charge in [-0.2, -0.15) is 0 Å². The second-order valence-electron chi connectivity index (χ2n) is 8.66. The molecule has 150 valence electrons. The summed E-state index contributed by atoms with van der Waals surface area (Å²) in [4.78, 5) is 24.2. The van der Waals surface area contributed by atoms with Crippen LogP contribution in [0.5, 0.6) is 0 Å². The van der Waals surface area contributed by atoms with Crippen molar-refractivity contribution < 1.29 is 19.4 Å². The molecule has 0 aromatic heterocycles. The van der Waals surface area contributed by atoms with Crippen molar-refractivity contribution in [3.8, 4) is 11.1 Å². The number of carboxylic acid groups (broad SMARTS) is 1. The summed E-state index contributed by atoms with van der Waals surface area (Å²) in [5.41, 5.74) is 4.06. The highest BCUT2D eigenvalue weighted by atomic mass is 16.5. The number of hydrogen-bond donors (Lipinski definition) is 2. The number of ether oxygens (including phenoxy) is 1. The number of carbonyl (C=O) groups excluding carboxylic acids is 1. The van der Waals surface area contributed by atoms with Gasteiger partial charge in [-0.3, -0.25) is 4.79 Å². The van der Waals surface area contributed by atoms with Crippen LogP contribution in [0.3, 0.4) is 0 Å². The van der Waals surface area contributed by atoms with Gasteiger partial charge < -0.3 is 15.2 Å². The maximum absolute atomic E-state index is 12.7. The maximum Gasteiger partial charge on any atom is 0.407 e. The standard InChI is InChI=1S/C24H25NO4/c26-22(27)13-24(12-11-15-9-10-21(15)24)25-23(28)29-14-20-18-7-3-1-5-16(18)17-6-2-4-8-19(17)20/h1-8,15,20-21H,9-14H2,(H,25,28)(H,26,27)/t15-,21-,24?/m0/s1. The van der Waals surface area contributed by atoms with Gasteiger partial charge in [0.05, 0.1) is 12.0 Å². The lowest BCUT2D eigenvalue weighted by atomic mass is 9.68. The molecule has 2 aromatic rings. The van der Waals surface area contributed by atoms with E-state index in [2.05, 4.69) is 29.6 Å². The van der Waals surface area contributed by atoms with Crippen LogP contribution in [0.25, 0.3) is 11.1 Å². The Morgan fingerprint density at radius 1 is 1.00 bits per heavy atom. The minimum atomic E-state index is -0.864. The Morgan fingerprint density at radius 2 is 1.66 bits per heavy atom. The van der Waals surface area contributed by atoms with E-state index in [1.165, 1.54) is 22.3 Å². The molecule has 3 atom stereocenters. The third-order valence-electron chi connectivity index (χ3n) is 7.25. The van der Waals surface area contributed by atoms with E-state index in [-0.39, 0.29) is 24.9 Å². The number of hydrogen-bond acceptors (Lipinski definition) is 3. The first-order valence-electron chi connectivity index (χ1n) is 10.4. The van der Waals surface area contributed by atoms with Gasteiger partial charge in [-0.25, -0.2) is 4.79 Å². The number of carbonyl (C=O) groups is 2. The zero-order valence-corrected chi connectivity index (χ0v) is 16.3. The molecule has 5 heteroatoms. The molecular formula is C24H25NO4. The van der Waals surface area contributed by atoms with Gasteiger partial charge in [0.1, 0.15) is 6.61 Å². The SMILES string of the molecule is O=C(O)CC1(NC(=O)OCC2c3ccccc3-c3ccccc32)CC[C@@H]2CC[C@@H]21. The summed E-state index contributed by atoms with van der Waals surface area (Å²) in [5.74, 6) is -0.0533. The number of aliphatic carboxylic acids is 1. The minimum absolute atomic E-state index is 0.00334. The van der Waals surface area contributed by atoms with E-state index in [9.17, 15) is 14.7 Å². The van der Waals surface area contributed by atoms with Crippen LogP contribution < -0.4 is 5.32 Å². The van der Waals surface area contributed by atoms with Crippen molar-refractivity contribution in [2.24, 2.45) is 11.8 Å². The first-order chi connectivity index (χ1) is 14.1. The highest BCUT2D eigenvalue weighted by molar-refractivity contribution is 5.79. The minimum Gasteiger partial charge on any atom is -0.481 e. The molecule has 0 spiro atoms. The van der Waals surface area contributed by atoms with Crippen LogP contribution in [0.4, 0.5) is 4.79 Å². The van der Waals surface area contributed by atoms with E-state index >= 15 is 0 Å². The van der Waals surface area contributed by atoms with Crippen molar-refractivity contribution in [1.29, 1.82) is 0 Å². The summed E-state index contributed by atoms with van der Waals surface area (Å²) in [6.07, 6.45) is 3.30. The topological polar surface area (TPSA) is 75.6 Å². The average Bonchev–Trinajstić information content (AvgIpc) is 3.10. The predicted octanol–water partition coefficient (Wildman–Crippen LogP) is 4.56. The van der Waals surface area contributed by atoms with Crippen LogP contribution in [0.2, 0.25) is 0 Å². The molecule has 5 rings (SSSR count). The zero-order chi connectivity index (χ0) is 20.0. The molecule has 0 heterocycles. The Kier molecular flexibility index (Phi) is 4.34. The van der Waals surface area contributed by atoms with Crippen LogP contribution >= 0.6 is 0 Å². The Balaban J connectivity index is 1.31. The average molecular weight is 391 g/mol. The van der Waals surface area contributed by atoms with E-state index in [1.54, 1.807) is 0 Å². The van der Waals surface area contributed by atoms with E-state index in [4.69, 9.17) is 4.74 Å². The van der Waals surface area contributed by atoms with Gasteiger partial charge in [0, 0.05) is 5.92 Å².